The lowest BCUT2D eigenvalue weighted by Gasteiger charge is -2.06. The Bertz CT molecular complexity index is 949. The van der Waals surface area contributed by atoms with Gasteiger partial charge in [0.05, 0.1) is 23.3 Å². The molecule has 7 nitrogen and oxygen atoms in total. The number of imidazole rings is 1. The summed E-state index contributed by atoms with van der Waals surface area (Å²) in [4.78, 5) is 19.3. The van der Waals surface area contributed by atoms with E-state index in [4.69, 9.17) is 4.74 Å². The van der Waals surface area contributed by atoms with Gasteiger partial charge in [-0.15, -0.1) is 0 Å². The Kier molecular flexibility index (Phi) is 5.15. The lowest BCUT2D eigenvalue weighted by molar-refractivity contribution is -0.126. The molecular weight excluding hydrogens is 349 g/mol. The standard InChI is InChI=1S/C19H22FN5O2/c20-12-6-7-15-16(8-12)23-18(22-15)10-27-11-19(26)21-9-17-13-4-2-1-3-5-14(13)24-25-17/h6-8H,1-5,9-11H2,(H,21,26)(H,22,23)(H,24,25). The topological polar surface area (TPSA) is 95.7 Å². The van der Waals surface area contributed by atoms with Crippen molar-refractivity contribution in [1.29, 1.82) is 0 Å². The smallest absolute Gasteiger partial charge is 0.246 e. The minimum atomic E-state index is -0.325. The maximum atomic E-state index is 13.2. The van der Waals surface area contributed by atoms with E-state index in [0.29, 0.717) is 23.4 Å². The Hall–Kier alpha value is -2.74. The van der Waals surface area contributed by atoms with E-state index in [0.717, 1.165) is 25.0 Å². The number of aromatic amines is 2. The molecule has 3 aromatic rings. The fourth-order valence-electron chi connectivity index (χ4n) is 3.45. The number of rotatable bonds is 6. The van der Waals surface area contributed by atoms with Crippen molar-refractivity contribution in [3.8, 4) is 0 Å². The molecule has 0 bridgehead atoms. The Balaban J connectivity index is 1.25. The molecule has 8 heteroatoms. The van der Waals surface area contributed by atoms with Crippen LogP contribution < -0.4 is 5.32 Å². The molecule has 0 fully saturated rings. The largest absolute Gasteiger partial charge is 0.364 e. The molecule has 27 heavy (non-hydrogen) atoms. The van der Waals surface area contributed by atoms with Gasteiger partial charge in [0.25, 0.3) is 0 Å². The third-order valence-electron chi connectivity index (χ3n) is 4.81. The lowest BCUT2D eigenvalue weighted by Crippen LogP contribution is -2.27. The summed E-state index contributed by atoms with van der Waals surface area (Å²) in [6, 6.07) is 4.34. The number of aromatic nitrogens is 4. The fraction of sp³-hybridized carbons (Fsp3) is 0.421. The van der Waals surface area contributed by atoms with E-state index in [1.165, 1.54) is 36.2 Å². The van der Waals surface area contributed by atoms with Gasteiger partial charge in [0.15, 0.2) is 0 Å². The first-order chi connectivity index (χ1) is 13.2. The first-order valence-corrected chi connectivity index (χ1v) is 9.22. The van der Waals surface area contributed by atoms with Gasteiger partial charge in [-0.25, -0.2) is 9.37 Å². The van der Waals surface area contributed by atoms with Crippen LogP contribution in [0.1, 0.15) is 42.0 Å². The predicted molar refractivity (Wildman–Crippen MR) is 97.4 cm³/mol. The number of fused-ring (bicyclic) bond motifs is 2. The van der Waals surface area contributed by atoms with Crippen LogP contribution >= 0.6 is 0 Å². The van der Waals surface area contributed by atoms with Gasteiger partial charge < -0.3 is 15.0 Å². The van der Waals surface area contributed by atoms with E-state index in [2.05, 4.69) is 25.5 Å². The van der Waals surface area contributed by atoms with Crippen molar-refractivity contribution >= 4 is 16.9 Å². The molecule has 3 N–H and O–H groups in total. The van der Waals surface area contributed by atoms with Crippen LogP contribution in [0.5, 0.6) is 0 Å². The van der Waals surface area contributed by atoms with E-state index in [1.807, 2.05) is 0 Å². The molecule has 0 radical (unpaired) electrons. The number of carbonyl (C=O) groups is 1. The Morgan fingerprint density at radius 1 is 1.26 bits per heavy atom. The molecule has 142 valence electrons. The number of aryl methyl sites for hydroxylation is 1. The van der Waals surface area contributed by atoms with Crippen molar-refractivity contribution in [2.75, 3.05) is 6.61 Å². The number of nitrogens with zero attached hydrogens (tertiary/aromatic N) is 2. The SMILES string of the molecule is O=C(COCc1nc2ccc(F)cc2[nH]1)NCc1n[nH]c2c1CCCCC2. The predicted octanol–water partition coefficient (Wildman–Crippen LogP) is 2.53. The number of H-pyrrole nitrogens is 2. The van der Waals surface area contributed by atoms with Gasteiger partial charge >= 0.3 is 0 Å². The number of halogens is 1. The summed E-state index contributed by atoms with van der Waals surface area (Å²) < 4.78 is 18.6. The number of amides is 1. The van der Waals surface area contributed by atoms with E-state index in [9.17, 15) is 9.18 Å². The van der Waals surface area contributed by atoms with Crippen LogP contribution in [-0.4, -0.2) is 32.7 Å². The molecule has 1 aliphatic rings. The molecule has 0 saturated carbocycles. The molecule has 2 heterocycles. The van der Waals surface area contributed by atoms with Gasteiger partial charge in [0.2, 0.25) is 5.91 Å². The number of nitrogens with one attached hydrogen (secondary N) is 3. The summed E-state index contributed by atoms with van der Waals surface area (Å²) in [6.07, 6.45) is 5.62. The number of hydrogen-bond donors (Lipinski definition) is 3. The lowest BCUT2D eigenvalue weighted by atomic mass is 10.1. The average molecular weight is 371 g/mol. The van der Waals surface area contributed by atoms with Crippen molar-refractivity contribution in [3.05, 3.63) is 46.8 Å². The minimum absolute atomic E-state index is 0.0714. The Morgan fingerprint density at radius 2 is 2.15 bits per heavy atom. The third-order valence-corrected chi connectivity index (χ3v) is 4.81. The molecule has 2 aromatic heterocycles. The molecule has 1 amide bonds. The number of carbonyl (C=O) groups excluding carboxylic acids is 1. The first kappa shape index (κ1) is 17.7. The fourth-order valence-corrected chi connectivity index (χ4v) is 3.45. The molecule has 0 spiro atoms. The quantitative estimate of drug-likeness (QED) is 0.580. The number of hydrogen-bond acceptors (Lipinski definition) is 4. The molecule has 0 unspecified atom stereocenters. The summed E-state index contributed by atoms with van der Waals surface area (Å²) in [5.41, 5.74) is 4.65. The van der Waals surface area contributed by atoms with Crippen LogP contribution in [0, 0.1) is 5.82 Å². The zero-order valence-corrected chi connectivity index (χ0v) is 15.0. The Labute approximate surface area is 155 Å². The minimum Gasteiger partial charge on any atom is -0.364 e. The van der Waals surface area contributed by atoms with Crippen molar-refractivity contribution in [1.82, 2.24) is 25.5 Å². The van der Waals surface area contributed by atoms with Crippen molar-refractivity contribution in [2.45, 2.75) is 45.3 Å². The molecule has 0 atom stereocenters. The second-order valence-corrected chi connectivity index (χ2v) is 6.80. The number of benzene rings is 1. The molecule has 1 aliphatic carbocycles. The Morgan fingerprint density at radius 3 is 3.07 bits per heavy atom. The summed E-state index contributed by atoms with van der Waals surface area (Å²) in [6.45, 7) is 0.484. The highest BCUT2D eigenvalue weighted by Crippen LogP contribution is 2.21. The van der Waals surface area contributed by atoms with Crippen LogP contribution in [0.3, 0.4) is 0 Å². The average Bonchev–Trinajstić information content (AvgIpc) is 3.15. The maximum Gasteiger partial charge on any atom is 0.246 e. The van der Waals surface area contributed by atoms with E-state index >= 15 is 0 Å². The molecule has 4 rings (SSSR count). The van der Waals surface area contributed by atoms with Crippen LogP contribution in [0.2, 0.25) is 0 Å². The van der Waals surface area contributed by atoms with Gasteiger partial charge in [-0.1, -0.05) is 6.42 Å². The summed E-state index contributed by atoms with van der Waals surface area (Å²) in [7, 11) is 0. The van der Waals surface area contributed by atoms with Crippen LogP contribution in [0.25, 0.3) is 11.0 Å². The van der Waals surface area contributed by atoms with Gasteiger partial charge in [-0.2, -0.15) is 5.10 Å². The zero-order chi connectivity index (χ0) is 18.6. The number of ether oxygens (including phenoxy) is 1. The molecular formula is C19H22FN5O2. The second-order valence-electron chi connectivity index (χ2n) is 6.80. The van der Waals surface area contributed by atoms with Crippen molar-refractivity contribution < 1.29 is 13.9 Å². The van der Waals surface area contributed by atoms with Gasteiger partial charge in [-0.3, -0.25) is 9.89 Å². The van der Waals surface area contributed by atoms with Gasteiger partial charge in [-0.05, 0) is 49.4 Å². The van der Waals surface area contributed by atoms with Crippen LogP contribution in [0.4, 0.5) is 4.39 Å². The summed E-state index contributed by atoms with van der Waals surface area (Å²) in [5, 5.41) is 10.3. The zero-order valence-electron chi connectivity index (χ0n) is 15.0. The van der Waals surface area contributed by atoms with Crippen LogP contribution in [-0.2, 0) is 35.5 Å². The molecule has 1 aromatic carbocycles. The van der Waals surface area contributed by atoms with E-state index in [1.54, 1.807) is 6.07 Å². The molecule has 0 saturated heterocycles. The monoisotopic (exact) mass is 371 g/mol. The van der Waals surface area contributed by atoms with Gasteiger partial charge in [0.1, 0.15) is 24.9 Å². The van der Waals surface area contributed by atoms with Gasteiger partial charge in [0, 0.05) is 5.69 Å². The summed E-state index contributed by atoms with van der Waals surface area (Å²) >= 11 is 0. The highest BCUT2D eigenvalue weighted by Gasteiger charge is 2.16. The third kappa shape index (κ3) is 4.16. The second kappa shape index (κ2) is 7.87. The maximum absolute atomic E-state index is 13.2. The van der Waals surface area contributed by atoms with Crippen molar-refractivity contribution in [3.63, 3.8) is 0 Å². The normalized spacial score (nSPS) is 14.1. The first-order valence-electron chi connectivity index (χ1n) is 9.22. The van der Waals surface area contributed by atoms with E-state index in [-0.39, 0.29) is 24.9 Å². The highest BCUT2D eigenvalue weighted by molar-refractivity contribution is 5.77. The van der Waals surface area contributed by atoms with Crippen LogP contribution in [0.15, 0.2) is 18.2 Å². The highest BCUT2D eigenvalue weighted by atomic mass is 19.1. The van der Waals surface area contributed by atoms with E-state index < -0.39 is 0 Å². The van der Waals surface area contributed by atoms with Crippen molar-refractivity contribution in [2.24, 2.45) is 0 Å². The molecule has 0 aliphatic heterocycles. The summed E-state index contributed by atoms with van der Waals surface area (Å²) in [5.74, 6) is 0.0257.